The van der Waals surface area contributed by atoms with E-state index < -0.39 is 0 Å². The summed E-state index contributed by atoms with van der Waals surface area (Å²) in [6.45, 7) is 1.83. The van der Waals surface area contributed by atoms with Crippen molar-refractivity contribution in [1.29, 1.82) is 0 Å². The van der Waals surface area contributed by atoms with Crippen molar-refractivity contribution in [2.24, 2.45) is 5.92 Å². The van der Waals surface area contributed by atoms with Crippen molar-refractivity contribution in [3.63, 3.8) is 0 Å². The number of halogens is 2. The lowest BCUT2D eigenvalue weighted by molar-refractivity contribution is 0.454. The SMILES string of the molecule is Cl.Oc1ccc(Br)cc1CNCC1CCCC1. The van der Waals surface area contributed by atoms with Crippen molar-refractivity contribution in [3.8, 4) is 5.75 Å². The molecule has 2 rings (SSSR count). The molecule has 0 unspecified atom stereocenters. The van der Waals surface area contributed by atoms with E-state index in [2.05, 4.69) is 21.2 Å². The molecule has 0 radical (unpaired) electrons. The van der Waals surface area contributed by atoms with Gasteiger partial charge in [0.1, 0.15) is 5.75 Å². The molecule has 0 heterocycles. The van der Waals surface area contributed by atoms with Crippen LogP contribution >= 0.6 is 28.3 Å². The van der Waals surface area contributed by atoms with Crippen LogP contribution in [0.25, 0.3) is 0 Å². The van der Waals surface area contributed by atoms with E-state index in [0.717, 1.165) is 29.0 Å². The molecule has 0 aliphatic heterocycles. The monoisotopic (exact) mass is 319 g/mol. The van der Waals surface area contributed by atoms with Crippen LogP contribution in [0.5, 0.6) is 5.75 Å². The highest BCUT2D eigenvalue weighted by molar-refractivity contribution is 9.10. The third-order valence-corrected chi connectivity index (χ3v) is 3.76. The number of hydrogen-bond donors (Lipinski definition) is 2. The van der Waals surface area contributed by atoms with Gasteiger partial charge >= 0.3 is 0 Å². The van der Waals surface area contributed by atoms with Gasteiger partial charge in [-0.25, -0.2) is 0 Å². The van der Waals surface area contributed by atoms with Gasteiger partial charge in [0, 0.05) is 16.6 Å². The number of phenolic OH excluding ortho intramolecular Hbond substituents is 1. The molecular weight excluding hydrogens is 302 g/mol. The Morgan fingerprint density at radius 1 is 1.29 bits per heavy atom. The van der Waals surface area contributed by atoms with Crippen LogP contribution < -0.4 is 5.32 Å². The van der Waals surface area contributed by atoms with Crippen molar-refractivity contribution in [1.82, 2.24) is 5.32 Å². The fraction of sp³-hybridized carbons (Fsp3) is 0.538. The van der Waals surface area contributed by atoms with Crippen LogP contribution in [-0.2, 0) is 6.54 Å². The van der Waals surface area contributed by atoms with E-state index in [1.165, 1.54) is 25.7 Å². The van der Waals surface area contributed by atoms with Crippen LogP contribution in [0.3, 0.4) is 0 Å². The second-order valence-electron chi connectivity index (χ2n) is 4.55. The van der Waals surface area contributed by atoms with E-state index in [9.17, 15) is 5.11 Å². The summed E-state index contributed by atoms with van der Waals surface area (Å²) < 4.78 is 1.02. The lowest BCUT2D eigenvalue weighted by atomic mass is 10.1. The first kappa shape index (κ1) is 14.8. The van der Waals surface area contributed by atoms with Crippen LogP contribution in [0.15, 0.2) is 22.7 Å². The lowest BCUT2D eigenvalue weighted by Gasteiger charge is -2.11. The molecule has 0 amide bonds. The van der Waals surface area contributed by atoms with Crippen molar-refractivity contribution in [3.05, 3.63) is 28.2 Å². The Labute approximate surface area is 117 Å². The quantitative estimate of drug-likeness (QED) is 0.883. The van der Waals surface area contributed by atoms with Crippen LogP contribution in [0.2, 0.25) is 0 Å². The molecule has 0 atom stereocenters. The van der Waals surface area contributed by atoms with Gasteiger partial charge in [-0.3, -0.25) is 0 Å². The van der Waals surface area contributed by atoms with Gasteiger partial charge in [0.05, 0.1) is 0 Å². The molecular formula is C13H19BrClNO. The average molecular weight is 321 g/mol. The minimum Gasteiger partial charge on any atom is -0.508 e. The molecule has 1 fully saturated rings. The van der Waals surface area contributed by atoms with E-state index in [1.807, 2.05) is 12.1 Å². The number of aromatic hydroxyl groups is 1. The van der Waals surface area contributed by atoms with Crippen LogP contribution in [-0.4, -0.2) is 11.7 Å². The summed E-state index contributed by atoms with van der Waals surface area (Å²) in [6.07, 6.45) is 5.48. The average Bonchev–Trinajstić information content (AvgIpc) is 2.76. The van der Waals surface area contributed by atoms with Gasteiger partial charge in [0.25, 0.3) is 0 Å². The number of hydrogen-bond acceptors (Lipinski definition) is 2. The third kappa shape index (κ3) is 4.49. The molecule has 1 aromatic carbocycles. The van der Waals surface area contributed by atoms with E-state index in [0.29, 0.717) is 5.75 Å². The maximum atomic E-state index is 9.67. The minimum atomic E-state index is 0. The van der Waals surface area contributed by atoms with E-state index in [4.69, 9.17) is 0 Å². The Balaban J connectivity index is 0.00000144. The first-order chi connectivity index (χ1) is 7.75. The third-order valence-electron chi connectivity index (χ3n) is 3.26. The van der Waals surface area contributed by atoms with Gasteiger partial charge in [0.15, 0.2) is 0 Å². The molecule has 17 heavy (non-hydrogen) atoms. The molecule has 0 spiro atoms. The normalized spacial score (nSPS) is 15.8. The summed E-state index contributed by atoms with van der Waals surface area (Å²) in [5, 5.41) is 13.1. The molecule has 1 saturated carbocycles. The maximum Gasteiger partial charge on any atom is 0.120 e. The minimum absolute atomic E-state index is 0. The summed E-state index contributed by atoms with van der Waals surface area (Å²) in [4.78, 5) is 0. The van der Waals surface area contributed by atoms with Gasteiger partial charge in [-0.05, 0) is 43.5 Å². The predicted molar refractivity (Wildman–Crippen MR) is 76.7 cm³/mol. The summed E-state index contributed by atoms with van der Waals surface area (Å²) in [6, 6.07) is 5.56. The molecule has 2 N–H and O–H groups in total. The standard InChI is InChI=1S/C13H18BrNO.ClH/c14-12-5-6-13(16)11(7-12)9-15-8-10-3-1-2-4-10;/h5-7,10,15-16H,1-4,8-9H2;1H. The highest BCUT2D eigenvalue weighted by Crippen LogP contribution is 2.25. The summed E-state index contributed by atoms with van der Waals surface area (Å²) in [5.41, 5.74) is 0.965. The molecule has 0 saturated heterocycles. The molecule has 0 aromatic heterocycles. The highest BCUT2D eigenvalue weighted by atomic mass is 79.9. The summed E-state index contributed by atoms with van der Waals surface area (Å²) >= 11 is 3.42. The van der Waals surface area contributed by atoms with E-state index in [1.54, 1.807) is 6.07 Å². The van der Waals surface area contributed by atoms with Crippen LogP contribution in [0, 0.1) is 5.92 Å². The molecule has 0 bridgehead atoms. The van der Waals surface area contributed by atoms with Crippen molar-refractivity contribution in [2.75, 3.05) is 6.54 Å². The highest BCUT2D eigenvalue weighted by Gasteiger charge is 2.14. The fourth-order valence-electron chi connectivity index (χ4n) is 2.32. The smallest absolute Gasteiger partial charge is 0.120 e. The first-order valence-corrected chi connectivity index (χ1v) is 6.73. The Morgan fingerprint density at radius 3 is 2.71 bits per heavy atom. The molecule has 2 nitrogen and oxygen atoms in total. The van der Waals surface area contributed by atoms with Gasteiger partial charge in [-0.2, -0.15) is 0 Å². The van der Waals surface area contributed by atoms with Crippen molar-refractivity contribution in [2.45, 2.75) is 32.2 Å². The lowest BCUT2D eigenvalue weighted by Crippen LogP contribution is -2.20. The number of rotatable bonds is 4. The van der Waals surface area contributed by atoms with Gasteiger partial charge in [-0.15, -0.1) is 12.4 Å². The Morgan fingerprint density at radius 2 is 2.00 bits per heavy atom. The predicted octanol–water partition coefficient (Wildman–Crippen LogP) is 3.86. The number of phenols is 1. The van der Waals surface area contributed by atoms with Gasteiger partial charge in [-0.1, -0.05) is 28.8 Å². The number of benzene rings is 1. The zero-order valence-electron chi connectivity index (χ0n) is 9.79. The van der Waals surface area contributed by atoms with E-state index >= 15 is 0 Å². The second kappa shape index (κ2) is 7.24. The molecule has 1 aliphatic carbocycles. The molecule has 96 valence electrons. The largest absolute Gasteiger partial charge is 0.508 e. The summed E-state index contributed by atoms with van der Waals surface area (Å²) in [7, 11) is 0. The zero-order chi connectivity index (χ0) is 11.4. The van der Waals surface area contributed by atoms with Gasteiger partial charge < -0.3 is 10.4 Å². The van der Waals surface area contributed by atoms with E-state index in [-0.39, 0.29) is 12.4 Å². The Kier molecular flexibility index (Phi) is 6.31. The summed E-state index contributed by atoms with van der Waals surface area (Å²) in [5.74, 6) is 1.22. The van der Waals surface area contributed by atoms with Crippen LogP contribution in [0.4, 0.5) is 0 Å². The van der Waals surface area contributed by atoms with Crippen molar-refractivity contribution >= 4 is 28.3 Å². The van der Waals surface area contributed by atoms with Gasteiger partial charge in [0.2, 0.25) is 0 Å². The molecule has 4 heteroatoms. The van der Waals surface area contributed by atoms with Crippen LogP contribution in [0.1, 0.15) is 31.2 Å². The second-order valence-corrected chi connectivity index (χ2v) is 5.47. The molecule has 1 aromatic rings. The topological polar surface area (TPSA) is 32.3 Å². The number of nitrogens with one attached hydrogen (secondary N) is 1. The first-order valence-electron chi connectivity index (χ1n) is 5.94. The maximum absolute atomic E-state index is 9.67. The van der Waals surface area contributed by atoms with Crippen molar-refractivity contribution < 1.29 is 5.11 Å². The zero-order valence-corrected chi connectivity index (χ0v) is 12.2. The molecule has 1 aliphatic rings. The fourth-order valence-corrected chi connectivity index (χ4v) is 2.73. The Hall–Kier alpha value is -0.250. The Bertz CT molecular complexity index is 353.